The van der Waals surface area contributed by atoms with Crippen molar-refractivity contribution in [3.63, 3.8) is 0 Å². The van der Waals surface area contributed by atoms with Crippen molar-refractivity contribution in [2.45, 2.75) is 6.92 Å². The van der Waals surface area contributed by atoms with Gasteiger partial charge in [-0.1, -0.05) is 6.92 Å². The highest BCUT2D eigenvalue weighted by Crippen LogP contribution is 2.26. The second kappa shape index (κ2) is 5.21. The molecule has 2 heterocycles. The molecule has 0 radical (unpaired) electrons. The molecule has 1 aromatic heterocycles. The fourth-order valence-electron chi connectivity index (χ4n) is 2.18. The molecule has 19 heavy (non-hydrogen) atoms. The van der Waals surface area contributed by atoms with Gasteiger partial charge in [0.2, 0.25) is 0 Å². The first kappa shape index (κ1) is 13.3. The lowest BCUT2D eigenvalue weighted by molar-refractivity contribution is -0.142. The molecule has 1 aliphatic heterocycles. The number of carboxylic acid groups (broad SMARTS) is 1. The summed E-state index contributed by atoms with van der Waals surface area (Å²) in [5.74, 6) is -1.11. The van der Waals surface area contributed by atoms with Crippen molar-refractivity contribution >= 4 is 17.8 Å². The van der Waals surface area contributed by atoms with Gasteiger partial charge in [0.1, 0.15) is 0 Å². The Kier molecular flexibility index (Phi) is 3.64. The summed E-state index contributed by atoms with van der Waals surface area (Å²) in [6.45, 7) is 2.92. The van der Waals surface area contributed by atoms with Crippen LogP contribution in [0.4, 0.5) is 5.82 Å². The van der Waals surface area contributed by atoms with E-state index in [4.69, 9.17) is 5.11 Å². The van der Waals surface area contributed by atoms with E-state index in [1.54, 1.807) is 6.07 Å². The minimum atomic E-state index is -0.797. The smallest absolute Gasteiger partial charge is 0.358 e. The van der Waals surface area contributed by atoms with Crippen LogP contribution >= 0.6 is 0 Å². The number of anilines is 1. The Bertz CT molecular complexity index is 488. The van der Waals surface area contributed by atoms with Crippen LogP contribution in [0.2, 0.25) is 0 Å². The molecule has 0 aliphatic carbocycles. The fraction of sp³-hybridized carbons (Fsp3) is 0.500. The van der Waals surface area contributed by atoms with Gasteiger partial charge in [-0.2, -0.15) is 0 Å². The number of aromatic nitrogens is 2. The van der Waals surface area contributed by atoms with E-state index in [0.717, 1.165) is 0 Å². The SMILES string of the molecule is COC(=O)c1ccc(N2CC(C)C(C(=O)O)C2)nn1. The van der Waals surface area contributed by atoms with Crippen molar-refractivity contribution in [1.29, 1.82) is 0 Å². The van der Waals surface area contributed by atoms with E-state index in [1.807, 2.05) is 11.8 Å². The normalized spacial score (nSPS) is 22.3. The minimum Gasteiger partial charge on any atom is -0.481 e. The Morgan fingerprint density at radius 2 is 2.11 bits per heavy atom. The zero-order valence-electron chi connectivity index (χ0n) is 10.7. The molecule has 2 rings (SSSR count). The number of methoxy groups -OCH3 is 1. The van der Waals surface area contributed by atoms with Gasteiger partial charge in [-0.3, -0.25) is 4.79 Å². The number of rotatable bonds is 3. The standard InChI is InChI=1S/C12H15N3O4/c1-7-5-15(6-8(7)11(16)17)10-4-3-9(13-14-10)12(18)19-2/h3-4,7-8H,5-6H2,1-2H3,(H,16,17). The molecule has 2 atom stereocenters. The lowest BCUT2D eigenvalue weighted by Crippen LogP contribution is -2.24. The third kappa shape index (κ3) is 2.64. The Morgan fingerprint density at radius 3 is 2.58 bits per heavy atom. The van der Waals surface area contributed by atoms with E-state index in [2.05, 4.69) is 14.9 Å². The molecule has 0 spiro atoms. The zero-order chi connectivity index (χ0) is 14.0. The maximum atomic E-state index is 11.2. The molecular weight excluding hydrogens is 250 g/mol. The van der Waals surface area contributed by atoms with Crippen molar-refractivity contribution in [2.24, 2.45) is 11.8 Å². The van der Waals surface area contributed by atoms with Gasteiger partial charge < -0.3 is 14.7 Å². The molecule has 1 N–H and O–H groups in total. The van der Waals surface area contributed by atoms with Gasteiger partial charge >= 0.3 is 11.9 Å². The quantitative estimate of drug-likeness (QED) is 0.791. The molecule has 2 unspecified atom stereocenters. The van der Waals surface area contributed by atoms with E-state index in [9.17, 15) is 9.59 Å². The van der Waals surface area contributed by atoms with E-state index < -0.39 is 17.9 Å². The highest BCUT2D eigenvalue weighted by atomic mass is 16.5. The van der Waals surface area contributed by atoms with Gasteiger partial charge in [-0.05, 0) is 18.1 Å². The maximum Gasteiger partial charge on any atom is 0.358 e. The van der Waals surface area contributed by atoms with Gasteiger partial charge in [0.15, 0.2) is 11.5 Å². The van der Waals surface area contributed by atoms with Crippen molar-refractivity contribution in [1.82, 2.24) is 10.2 Å². The van der Waals surface area contributed by atoms with Crippen LogP contribution in [0, 0.1) is 11.8 Å². The van der Waals surface area contributed by atoms with Crippen LogP contribution < -0.4 is 4.90 Å². The number of esters is 1. The van der Waals surface area contributed by atoms with Crippen LogP contribution in [0.15, 0.2) is 12.1 Å². The number of carbonyl (C=O) groups is 2. The summed E-state index contributed by atoms with van der Waals surface area (Å²) in [6.07, 6.45) is 0. The molecule has 7 heteroatoms. The van der Waals surface area contributed by atoms with E-state index in [1.165, 1.54) is 13.2 Å². The van der Waals surface area contributed by atoms with Crippen LogP contribution in [-0.2, 0) is 9.53 Å². The largest absolute Gasteiger partial charge is 0.481 e. The Balaban J connectivity index is 2.12. The summed E-state index contributed by atoms with van der Waals surface area (Å²) >= 11 is 0. The topological polar surface area (TPSA) is 92.6 Å². The van der Waals surface area contributed by atoms with Crippen LogP contribution in [0.3, 0.4) is 0 Å². The third-order valence-electron chi connectivity index (χ3n) is 3.30. The molecule has 7 nitrogen and oxygen atoms in total. The molecule has 0 bridgehead atoms. The molecule has 0 saturated carbocycles. The third-order valence-corrected chi connectivity index (χ3v) is 3.30. The van der Waals surface area contributed by atoms with Crippen molar-refractivity contribution in [2.75, 3.05) is 25.1 Å². The molecule has 0 aromatic carbocycles. The van der Waals surface area contributed by atoms with Crippen molar-refractivity contribution in [3.05, 3.63) is 17.8 Å². The summed E-state index contributed by atoms with van der Waals surface area (Å²) in [6, 6.07) is 3.17. The molecule has 0 amide bonds. The van der Waals surface area contributed by atoms with Gasteiger partial charge in [-0.25, -0.2) is 4.79 Å². The van der Waals surface area contributed by atoms with Crippen LogP contribution in [0.25, 0.3) is 0 Å². The molecule has 1 aliphatic rings. The first-order chi connectivity index (χ1) is 9.02. The number of ether oxygens (including phenoxy) is 1. The number of hydrogen-bond donors (Lipinski definition) is 1. The van der Waals surface area contributed by atoms with E-state index >= 15 is 0 Å². The van der Waals surface area contributed by atoms with Gasteiger partial charge in [0, 0.05) is 13.1 Å². The number of nitrogens with zero attached hydrogens (tertiary/aromatic N) is 3. The van der Waals surface area contributed by atoms with Crippen molar-refractivity contribution in [3.8, 4) is 0 Å². The first-order valence-electron chi connectivity index (χ1n) is 5.92. The predicted molar refractivity (Wildman–Crippen MR) is 65.9 cm³/mol. The summed E-state index contributed by atoms with van der Waals surface area (Å²) < 4.78 is 4.53. The molecule has 102 valence electrons. The number of carboxylic acids is 1. The highest BCUT2D eigenvalue weighted by molar-refractivity contribution is 5.87. The summed E-state index contributed by atoms with van der Waals surface area (Å²) in [5.41, 5.74) is 0.133. The predicted octanol–water partition coefficient (Wildman–Crippen LogP) is 0.420. The monoisotopic (exact) mass is 265 g/mol. The Labute approximate surface area is 110 Å². The number of hydrogen-bond acceptors (Lipinski definition) is 6. The minimum absolute atomic E-state index is 0.0552. The van der Waals surface area contributed by atoms with E-state index in [-0.39, 0.29) is 11.6 Å². The number of aliphatic carboxylic acids is 1. The molecule has 1 aromatic rings. The highest BCUT2D eigenvalue weighted by Gasteiger charge is 2.35. The second-order valence-corrected chi connectivity index (χ2v) is 4.60. The lowest BCUT2D eigenvalue weighted by Gasteiger charge is -2.15. The van der Waals surface area contributed by atoms with Crippen molar-refractivity contribution < 1.29 is 19.4 Å². The lowest BCUT2D eigenvalue weighted by atomic mass is 9.99. The summed E-state index contributed by atoms with van der Waals surface area (Å²) in [4.78, 5) is 24.1. The second-order valence-electron chi connectivity index (χ2n) is 4.60. The van der Waals surface area contributed by atoms with Gasteiger partial charge in [0.25, 0.3) is 0 Å². The first-order valence-corrected chi connectivity index (χ1v) is 5.92. The average Bonchev–Trinajstić information content (AvgIpc) is 2.80. The average molecular weight is 265 g/mol. The fourth-order valence-corrected chi connectivity index (χ4v) is 2.18. The molecular formula is C12H15N3O4. The maximum absolute atomic E-state index is 11.2. The van der Waals surface area contributed by atoms with E-state index in [0.29, 0.717) is 18.9 Å². The summed E-state index contributed by atoms with van der Waals surface area (Å²) in [5, 5.41) is 16.8. The van der Waals surface area contributed by atoms with Gasteiger partial charge in [0.05, 0.1) is 13.0 Å². The van der Waals surface area contributed by atoms with Crippen LogP contribution in [0.5, 0.6) is 0 Å². The Hall–Kier alpha value is -2.18. The van der Waals surface area contributed by atoms with Gasteiger partial charge in [-0.15, -0.1) is 10.2 Å². The zero-order valence-corrected chi connectivity index (χ0v) is 10.7. The molecule has 1 saturated heterocycles. The Morgan fingerprint density at radius 1 is 1.37 bits per heavy atom. The van der Waals surface area contributed by atoms with Crippen LogP contribution in [-0.4, -0.2) is 47.4 Å². The van der Waals surface area contributed by atoms with Crippen LogP contribution in [0.1, 0.15) is 17.4 Å². The molecule has 1 fully saturated rings. The number of carbonyl (C=O) groups excluding carboxylic acids is 1. The summed E-state index contributed by atoms with van der Waals surface area (Å²) in [7, 11) is 1.28.